The molecular weight excluding hydrogens is 218 g/mol. The number of rotatable bonds is 5. The van der Waals surface area contributed by atoms with Crippen LogP contribution < -0.4 is 5.32 Å². The summed E-state index contributed by atoms with van der Waals surface area (Å²) in [5.74, 6) is 1.70. The second-order valence-corrected chi connectivity index (χ2v) is 5.28. The molecule has 1 atom stereocenters. The molecule has 1 unspecified atom stereocenters. The van der Waals surface area contributed by atoms with Crippen LogP contribution in [0.25, 0.3) is 0 Å². The highest BCUT2D eigenvalue weighted by molar-refractivity contribution is 6.30. The largest absolute Gasteiger partial charge is 0.319 e. The Labute approximate surface area is 103 Å². The van der Waals surface area contributed by atoms with Crippen LogP contribution in [0, 0.1) is 11.8 Å². The van der Waals surface area contributed by atoms with E-state index in [1.54, 1.807) is 0 Å². The van der Waals surface area contributed by atoms with Gasteiger partial charge in [-0.1, -0.05) is 43.0 Å². The Hall–Kier alpha value is -0.530. The summed E-state index contributed by atoms with van der Waals surface area (Å²) >= 11 is 6.02. The maximum absolute atomic E-state index is 6.02. The molecule has 16 heavy (non-hydrogen) atoms. The summed E-state index contributed by atoms with van der Waals surface area (Å²) in [6, 6.07) is 8.28. The van der Waals surface area contributed by atoms with Gasteiger partial charge in [0.05, 0.1) is 0 Å². The Bertz CT molecular complexity index is 333. The van der Waals surface area contributed by atoms with E-state index in [2.05, 4.69) is 23.5 Å². The molecule has 2 heteroatoms. The molecule has 2 rings (SSSR count). The summed E-state index contributed by atoms with van der Waals surface area (Å²) in [5.41, 5.74) is 1.37. The van der Waals surface area contributed by atoms with Crippen molar-refractivity contribution >= 4 is 11.6 Å². The van der Waals surface area contributed by atoms with Crippen molar-refractivity contribution in [2.24, 2.45) is 11.8 Å². The molecule has 1 aliphatic carbocycles. The third-order valence-corrected chi connectivity index (χ3v) is 3.90. The number of nitrogens with one attached hydrogen (secondary N) is 1. The van der Waals surface area contributed by atoms with Crippen molar-refractivity contribution < 1.29 is 0 Å². The van der Waals surface area contributed by atoms with Crippen LogP contribution in [-0.4, -0.2) is 13.6 Å². The summed E-state index contributed by atoms with van der Waals surface area (Å²) in [5, 5.41) is 4.17. The molecule has 1 saturated carbocycles. The predicted octanol–water partition coefficient (Wildman–Crippen LogP) is 3.52. The van der Waals surface area contributed by atoms with Gasteiger partial charge in [0.2, 0.25) is 0 Å². The Morgan fingerprint density at radius 1 is 1.44 bits per heavy atom. The number of halogens is 1. The SMILES string of the molecule is CNCC(Cc1cccc(Cl)c1)C1CCC1. The van der Waals surface area contributed by atoms with Gasteiger partial charge in [-0.3, -0.25) is 0 Å². The maximum atomic E-state index is 6.02. The zero-order valence-electron chi connectivity index (χ0n) is 9.88. The van der Waals surface area contributed by atoms with E-state index in [4.69, 9.17) is 11.6 Å². The van der Waals surface area contributed by atoms with Gasteiger partial charge in [-0.05, 0) is 49.5 Å². The summed E-state index contributed by atoms with van der Waals surface area (Å²) in [6.07, 6.45) is 5.40. The zero-order valence-corrected chi connectivity index (χ0v) is 10.6. The van der Waals surface area contributed by atoms with Crippen LogP contribution in [0.3, 0.4) is 0 Å². The van der Waals surface area contributed by atoms with E-state index in [0.717, 1.165) is 29.8 Å². The molecule has 0 radical (unpaired) electrons. The fourth-order valence-corrected chi connectivity index (χ4v) is 2.76. The lowest BCUT2D eigenvalue weighted by Crippen LogP contribution is -2.31. The number of benzene rings is 1. The minimum absolute atomic E-state index is 0.775. The molecule has 1 N–H and O–H groups in total. The highest BCUT2D eigenvalue weighted by atomic mass is 35.5. The average molecular weight is 238 g/mol. The van der Waals surface area contributed by atoms with Crippen LogP contribution >= 0.6 is 11.6 Å². The van der Waals surface area contributed by atoms with Gasteiger partial charge < -0.3 is 5.32 Å². The Morgan fingerprint density at radius 2 is 2.25 bits per heavy atom. The van der Waals surface area contributed by atoms with Crippen molar-refractivity contribution in [1.82, 2.24) is 5.32 Å². The highest BCUT2D eigenvalue weighted by Crippen LogP contribution is 2.35. The fourth-order valence-electron chi connectivity index (χ4n) is 2.55. The molecule has 0 aliphatic heterocycles. The van der Waals surface area contributed by atoms with Gasteiger partial charge in [0.15, 0.2) is 0 Å². The van der Waals surface area contributed by atoms with Gasteiger partial charge in [-0.2, -0.15) is 0 Å². The first kappa shape index (κ1) is 11.9. The third kappa shape index (κ3) is 2.99. The molecule has 0 amide bonds. The van der Waals surface area contributed by atoms with Crippen molar-refractivity contribution in [3.63, 3.8) is 0 Å². The van der Waals surface area contributed by atoms with Gasteiger partial charge in [0, 0.05) is 5.02 Å². The van der Waals surface area contributed by atoms with Crippen LogP contribution in [0.1, 0.15) is 24.8 Å². The molecule has 0 heterocycles. The second-order valence-electron chi connectivity index (χ2n) is 4.84. The first-order valence-corrected chi connectivity index (χ1v) is 6.56. The number of hydrogen-bond donors (Lipinski definition) is 1. The standard InChI is InChI=1S/C14H20ClN/c1-16-10-13(12-5-3-6-12)8-11-4-2-7-14(15)9-11/h2,4,7,9,12-13,16H,3,5-6,8,10H2,1H3. The van der Waals surface area contributed by atoms with E-state index < -0.39 is 0 Å². The highest BCUT2D eigenvalue weighted by Gasteiger charge is 2.26. The Morgan fingerprint density at radius 3 is 2.81 bits per heavy atom. The van der Waals surface area contributed by atoms with Gasteiger partial charge in [-0.25, -0.2) is 0 Å². The van der Waals surface area contributed by atoms with E-state index in [1.807, 2.05) is 13.1 Å². The van der Waals surface area contributed by atoms with Crippen LogP contribution in [0.2, 0.25) is 5.02 Å². The quantitative estimate of drug-likeness (QED) is 0.827. The second kappa shape index (κ2) is 5.70. The van der Waals surface area contributed by atoms with E-state index in [-0.39, 0.29) is 0 Å². The Balaban J connectivity index is 1.98. The maximum Gasteiger partial charge on any atom is 0.0408 e. The lowest BCUT2D eigenvalue weighted by Gasteiger charge is -2.34. The van der Waals surface area contributed by atoms with Crippen molar-refractivity contribution in [2.75, 3.05) is 13.6 Å². The summed E-state index contributed by atoms with van der Waals surface area (Å²) in [6.45, 7) is 1.12. The van der Waals surface area contributed by atoms with E-state index in [1.165, 1.54) is 24.8 Å². The van der Waals surface area contributed by atoms with E-state index in [9.17, 15) is 0 Å². The normalized spacial score (nSPS) is 18.1. The number of hydrogen-bond acceptors (Lipinski definition) is 1. The topological polar surface area (TPSA) is 12.0 Å². The van der Waals surface area contributed by atoms with Crippen LogP contribution in [0.15, 0.2) is 24.3 Å². The molecule has 1 aromatic carbocycles. The average Bonchev–Trinajstić information content (AvgIpc) is 2.15. The lowest BCUT2D eigenvalue weighted by atomic mass is 9.73. The van der Waals surface area contributed by atoms with E-state index >= 15 is 0 Å². The minimum Gasteiger partial charge on any atom is -0.319 e. The van der Waals surface area contributed by atoms with Crippen molar-refractivity contribution in [1.29, 1.82) is 0 Å². The lowest BCUT2D eigenvalue weighted by molar-refractivity contribution is 0.202. The van der Waals surface area contributed by atoms with Gasteiger partial charge in [-0.15, -0.1) is 0 Å². The molecule has 0 aromatic heterocycles. The van der Waals surface area contributed by atoms with Gasteiger partial charge in [0.25, 0.3) is 0 Å². The molecule has 1 fully saturated rings. The molecule has 0 saturated heterocycles. The fraction of sp³-hybridized carbons (Fsp3) is 0.571. The minimum atomic E-state index is 0.775. The third-order valence-electron chi connectivity index (χ3n) is 3.67. The van der Waals surface area contributed by atoms with Crippen LogP contribution in [0.4, 0.5) is 0 Å². The monoisotopic (exact) mass is 237 g/mol. The van der Waals surface area contributed by atoms with E-state index in [0.29, 0.717) is 0 Å². The summed E-state index contributed by atoms with van der Waals surface area (Å²) in [4.78, 5) is 0. The van der Waals surface area contributed by atoms with Crippen molar-refractivity contribution in [3.8, 4) is 0 Å². The first-order chi connectivity index (χ1) is 7.79. The van der Waals surface area contributed by atoms with Crippen molar-refractivity contribution in [2.45, 2.75) is 25.7 Å². The predicted molar refractivity (Wildman–Crippen MR) is 69.9 cm³/mol. The molecule has 1 aliphatic rings. The van der Waals surface area contributed by atoms with Gasteiger partial charge >= 0.3 is 0 Å². The molecule has 1 aromatic rings. The smallest absolute Gasteiger partial charge is 0.0408 e. The molecular formula is C14H20ClN. The summed E-state index contributed by atoms with van der Waals surface area (Å²) in [7, 11) is 2.05. The molecule has 0 spiro atoms. The molecule has 88 valence electrons. The zero-order chi connectivity index (χ0) is 11.4. The van der Waals surface area contributed by atoms with Gasteiger partial charge in [0.1, 0.15) is 0 Å². The Kier molecular flexibility index (Phi) is 4.25. The molecule has 1 nitrogen and oxygen atoms in total. The molecule has 0 bridgehead atoms. The van der Waals surface area contributed by atoms with Crippen LogP contribution in [-0.2, 0) is 6.42 Å². The van der Waals surface area contributed by atoms with Crippen molar-refractivity contribution in [3.05, 3.63) is 34.9 Å². The summed E-state index contributed by atoms with van der Waals surface area (Å²) < 4.78 is 0. The van der Waals surface area contributed by atoms with Crippen LogP contribution in [0.5, 0.6) is 0 Å². The first-order valence-electron chi connectivity index (χ1n) is 6.18.